The maximum Gasteiger partial charge on any atom is 0.307 e. The van der Waals surface area contributed by atoms with Gasteiger partial charge >= 0.3 is 5.97 Å². The minimum atomic E-state index is -1.97. The molecule has 2 aromatic rings. The predicted molar refractivity (Wildman–Crippen MR) is 150 cm³/mol. The number of alkyl halides is 1. The molecule has 3 amide bonds. The molecule has 1 saturated heterocycles. The fraction of sp³-hybridized carbons (Fsp3) is 0.552. The van der Waals surface area contributed by atoms with Crippen molar-refractivity contribution in [2.75, 3.05) is 13.7 Å². The van der Waals surface area contributed by atoms with E-state index in [0.29, 0.717) is 5.56 Å². The Hall–Kier alpha value is -3.38. The Morgan fingerprint density at radius 3 is 2.39 bits per heavy atom. The first-order chi connectivity index (χ1) is 19.2. The lowest BCUT2D eigenvalue weighted by atomic mass is 9.85. The summed E-state index contributed by atoms with van der Waals surface area (Å²) in [5, 5.41) is 15.9. The zero-order chi connectivity index (χ0) is 30.1. The molecule has 2 aliphatic rings. The van der Waals surface area contributed by atoms with Crippen LogP contribution in [-0.2, 0) is 23.9 Å². The average Bonchev–Trinajstić information content (AvgIpc) is 3.33. The third-order valence-corrected chi connectivity index (χ3v) is 8.56. The molecule has 41 heavy (non-hydrogen) atoms. The molecular formula is C29H37FN4O6S. The molecule has 0 bridgehead atoms. The summed E-state index contributed by atoms with van der Waals surface area (Å²) in [6.07, 6.45) is -0.941. The number of nitrogens with one attached hydrogen (secondary N) is 2. The second kappa shape index (κ2) is 11.8. The van der Waals surface area contributed by atoms with Gasteiger partial charge in [-0.1, -0.05) is 45.0 Å². The van der Waals surface area contributed by atoms with Gasteiger partial charge in [-0.25, -0.2) is 9.37 Å². The van der Waals surface area contributed by atoms with E-state index in [2.05, 4.69) is 15.6 Å². The largest absolute Gasteiger partial charge is 0.469 e. The van der Waals surface area contributed by atoms with Gasteiger partial charge in [0.05, 0.1) is 41.8 Å². The van der Waals surface area contributed by atoms with Crippen molar-refractivity contribution in [1.29, 1.82) is 0 Å². The van der Waals surface area contributed by atoms with Gasteiger partial charge < -0.3 is 25.4 Å². The molecular weight excluding hydrogens is 551 g/mol. The number of carbonyl (C=O) groups excluding carboxylic acids is 4. The summed E-state index contributed by atoms with van der Waals surface area (Å²) in [6, 6.07) is 4.46. The molecule has 0 radical (unpaired) electrons. The zero-order valence-corrected chi connectivity index (χ0v) is 24.7. The molecule has 4 rings (SSSR count). The Morgan fingerprint density at radius 1 is 1.20 bits per heavy atom. The number of aliphatic hydroxyl groups excluding tert-OH is 1. The Morgan fingerprint density at radius 2 is 1.85 bits per heavy atom. The highest BCUT2D eigenvalue weighted by Gasteiger charge is 2.53. The zero-order valence-electron chi connectivity index (χ0n) is 23.9. The number of aryl methyl sites for hydroxylation is 1. The van der Waals surface area contributed by atoms with Crippen molar-refractivity contribution in [3.63, 3.8) is 0 Å². The van der Waals surface area contributed by atoms with Crippen LogP contribution in [0.4, 0.5) is 4.39 Å². The summed E-state index contributed by atoms with van der Waals surface area (Å²) in [4.78, 5) is 58.6. The first-order valence-corrected chi connectivity index (χ1v) is 14.5. The quantitative estimate of drug-likeness (QED) is 0.383. The molecule has 1 aromatic heterocycles. The maximum atomic E-state index is 14.4. The number of amides is 3. The van der Waals surface area contributed by atoms with E-state index in [0.717, 1.165) is 16.1 Å². The number of esters is 1. The van der Waals surface area contributed by atoms with Crippen LogP contribution in [0.25, 0.3) is 10.4 Å². The predicted octanol–water partition coefficient (Wildman–Crippen LogP) is 2.83. The third kappa shape index (κ3) is 6.92. The number of aromatic nitrogens is 1. The number of likely N-dealkylation sites (tertiary alicyclic amines) is 1. The maximum absolute atomic E-state index is 14.4. The van der Waals surface area contributed by atoms with Crippen LogP contribution < -0.4 is 10.6 Å². The molecule has 3 N–H and O–H groups in total. The van der Waals surface area contributed by atoms with Gasteiger partial charge in [-0.2, -0.15) is 0 Å². The van der Waals surface area contributed by atoms with Crippen molar-refractivity contribution in [2.45, 2.75) is 83.3 Å². The van der Waals surface area contributed by atoms with E-state index in [4.69, 9.17) is 4.74 Å². The number of nitrogens with zero attached hydrogens (tertiary/aromatic N) is 2. The van der Waals surface area contributed by atoms with Crippen LogP contribution in [-0.4, -0.2) is 76.2 Å². The number of thiazole rings is 1. The van der Waals surface area contributed by atoms with Crippen molar-refractivity contribution in [3.05, 3.63) is 41.0 Å². The first kappa shape index (κ1) is 30.6. The van der Waals surface area contributed by atoms with E-state index in [9.17, 15) is 28.7 Å². The van der Waals surface area contributed by atoms with Crippen LogP contribution in [0.5, 0.6) is 0 Å². The van der Waals surface area contributed by atoms with Crippen LogP contribution in [0, 0.1) is 12.3 Å². The van der Waals surface area contributed by atoms with Gasteiger partial charge in [0.25, 0.3) is 5.91 Å². The van der Waals surface area contributed by atoms with Crippen molar-refractivity contribution in [1.82, 2.24) is 20.5 Å². The second-order valence-corrected chi connectivity index (χ2v) is 12.7. The monoisotopic (exact) mass is 588 g/mol. The molecule has 10 nitrogen and oxygen atoms in total. The molecule has 1 aromatic carbocycles. The van der Waals surface area contributed by atoms with Crippen LogP contribution in [0.2, 0.25) is 0 Å². The topological polar surface area (TPSA) is 138 Å². The molecule has 222 valence electrons. The SMILES string of the molecule is COC(=O)CC(NC(=O)[C@@H]1C[C@@H](O)CN1C(=O)[C@@H](NC(=O)C1(F)CC1)C(C)(C)C)c1ccc(-c2scnc2C)cc1. The minimum Gasteiger partial charge on any atom is -0.469 e. The van der Waals surface area contributed by atoms with Gasteiger partial charge in [0.15, 0.2) is 5.67 Å². The number of halogens is 1. The summed E-state index contributed by atoms with van der Waals surface area (Å²) >= 11 is 1.51. The van der Waals surface area contributed by atoms with Crippen LogP contribution in [0.15, 0.2) is 29.8 Å². The lowest BCUT2D eigenvalue weighted by molar-refractivity contribution is -0.145. The van der Waals surface area contributed by atoms with Crippen molar-refractivity contribution >= 4 is 35.0 Å². The number of β-amino-alcohol motifs (C(OH)–C–C–N with tert-alkyl or cyclic N) is 1. The number of hydrogen-bond acceptors (Lipinski definition) is 8. The molecule has 2 fully saturated rings. The Labute approximate surface area is 242 Å². The van der Waals surface area contributed by atoms with Crippen molar-refractivity contribution < 1.29 is 33.4 Å². The number of rotatable bonds is 9. The smallest absolute Gasteiger partial charge is 0.307 e. The summed E-state index contributed by atoms with van der Waals surface area (Å²) in [5.74, 6) is -2.52. The van der Waals surface area contributed by atoms with E-state index in [1.807, 2.05) is 31.2 Å². The molecule has 2 heterocycles. The lowest BCUT2D eigenvalue weighted by Crippen LogP contribution is -2.59. The summed E-state index contributed by atoms with van der Waals surface area (Å²) < 4.78 is 19.3. The number of aliphatic hydroxyl groups is 1. The molecule has 12 heteroatoms. The summed E-state index contributed by atoms with van der Waals surface area (Å²) in [6.45, 7) is 7.00. The fourth-order valence-corrected chi connectivity index (χ4v) is 5.75. The molecule has 1 saturated carbocycles. The molecule has 0 spiro atoms. The van der Waals surface area contributed by atoms with Crippen LogP contribution >= 0.6 is 11.3 Å². The lowest BCUT2D eigenvalue weighted by Gasteiger charge is -2.36. The second-order valence-electron chi connectivity index (χ2n) is 11.9. The normalized spacial score (nSPS) is 21.1. The van der Waals surface area contributed by atoms with E-state index in [-0.39, 0.29) is 32.2 Å². The number of hydrogen-bond donors (Lipinski definition) is 3. The first-order valence-electron chi connectivity index (χ1n) is 13.6. The van der Waals surface area contributed by atoms with Crippen LogP contribution in [0.3, 0.4) is 0 Å². The number of methoxy groups -OCH3 is 1. The van der Waals surface area contributed by atoms with E-state index in [1.54, 1.807) is 26.3 Å². The van der Waals surface area contributed by atoms with E-state index < -0.39 is 59.0 Å². The van der Waals surface area contributed by atoms with Gasteiger partial charge in [-0.15, -0.1) is 11.3 Å². The Balaban J connectivity index is 1.54. The summed E-state index contributed by atoms with van der Waals surface area (Å²) in [5.41, 5.74) is 1.50. The van der Waals surface area contributed by atoms with E-state index >= 15 is 0 Å². The van der Waals surface area contributed by atoms with Gasteiger partial charge in [-0.3, -0.25) is 19.2 Å². The highest BCUT2D eigenvalue weighted by atomic mass is 32.1. The number of benzene rings is 1. The Bertz CT molecular complexity index is 1300. The highest BCUT2D eigenvalue weighted by molar-refractivity contribution is 7.13. The molecule has 4 atom stereocenters. The third-order valence-electron chi connectivity index (χ3n) is 7.58. The van der Waals surface area contributed by atoms with Crippen molar-refractivity contribution in [3.8, 4) is 10.4 Å². The van der Waals surface area contributed by atoms with Crippen LogP contribution in [0.1, 0.15) is 63.8 Å². The van der Waals surface area contributed by atoms with Gasteiger partial charge in [0.1, 0.15) is 12.1 Å². The Kier molecular flexibility index (Phi) is 8.84. The van der Waals surface area contributed by atoms with E-state index in [1.165, 1.54) is 23.3 Å². The summed E-state index contributed by atoms with van der Waals surface area (Å²) in [7, 11) is 1.26. The minimum absolute atomic E-state index is 0.0238. The molecule has 1 unspecified atom stereocenters. The fourth-order valence-electron chi connectivity index (χ4n) is 4.93. The van der Waals surface area contributed by atoms with Gasteiger partial charge in [0, 0.05) is 13.0 Å². The molecule has 1 aliphatic heterocycles. The number of carbonyl (C=O) groups is 4. The van der Waals surface area contributed by atoms with Gasteiger partial charge in [0.2, 0.25) is 11.8 Å². The van der Waals surface area contributed by atoms with Gasteiger partial charge in [-0.05, 0) is 36.3 Å². The standard InChI is InChI=1S/C29H37FN4O6S/c1-16-23(41-15-31-16)18-8-6-17(7-9-18)20(13-22(36)40-5)32-25(37)21-12-19(35)14-34(21)26(38)24(28(2,3)4)33-27(39)29(30)10-11-29/h6-9,15,19-21,24,35H,10-14H2,1-5H3,(H,32,37)(H,33,39)/t19-,20?,21+,24-/m1/s1. The van der Waals surface area contributed by atoms with Crippen molar-refractivity contribution in [2.24, 2.45) is 5.41 Å². The highest BCUT2D eigenvalue weighted by Crippen LogP contribution is 2.40. The number of ether oxygens (including phenoxy) is 1. The average molecular weight is 589 g/mol. The molecule has 1 aliphatic carbocycles.